The van der Waals surface area contributed by atoms with E-state index in [4.69, 9.17) is 9.84 Å². The number of benzene rings is 1. The van der Waals surface area contributed by atoms with Gasteiger partial charge in [-0.05, 0) is 32.3 Å². The Balaban J connectivity index is 2.54. The van der Waals surface area contributed by atoms with Gasteiger partial charge in [-0.15, -0.1) is 0 Å². The third-order valence-corrected chi connectivity index (χ3v) is 2.77. The molecular weight excluding hydrogens is 216 g/mol. The molecule has 0 aliphatic carbocycles. The summed E-state index contributed by atoms with van der Waals surface area (Å²) in [7, 11) is 0. The smallest absolute Gasteiger partial charge is 0.306 e. The van der Waals surface area contributed by atoms with Gasteiger partial charge in [0.15, 0.2) is 0 Å². The summed E-state index contributed by atoms with van der Waals surface area (Å²) in [5.41, 5.74) is 2.26. The fourth-order valence-corrected chi connectivity index (χ4v) is 1.69. The van der Waals surface area contributed by atoms with Gasteiger partial charge < -0.3 is 9.84 Å². The highest BCUT2D eigenvalue weighted by atomic mass is 16.5. The summed E-state index contributed by atoms with van der Waals surface area (Å²) in [4.78, 5) is 11.1. The van der Waals surface area contributed by atoms with Crippen molar-refractivity contribution in [3.05, 3.63) is 35.4 Å². The number of rotatable bonds is 7. The van der Waals surface area contributed by atoms with E-state index in [1.54, 1.807) is 0 Å². The largest absolute Gasteiger partial charge is 0.481 e. The summed E-state index contributed by atoms with van der Waals surface area (Å²) in [6.45, 7) is 5.08. The van der Waals surface area contributed by atoms with Crippen LogP contribution in [-0.4, -0.2) is 24.3 Å². The average molecular weight is 236 g/mol. The Morgan fingerprint density at radius 3 is 2.53 bits per heavy atom. The Bertz CT molecular complexity index is 343. The van der Waals surface area contributed by atoms with Crippen LogP contribution in [0.1, 0.15) is 24.5 Å². The van der Waals surface area contributed by atoms with Gasteiger partial charge in [0, 0.05) is 13.2 Å². The molecule has 0 spiro atoms. The van der Waals surface area contributed by atoms with E-state index in [-0.39, 0.29) is 5.92 Å². The minimum atomic E-state index is -0.745. The van der Waals surface area contributed by atoms with E-state index in [1.165, 1.54) is 5.56 Å². The van der Waals surface area contributed by atoms with E-state index < -0.39 is 5.97 Å². The fourth-order valence-electron chi connectivity index (χ4n) is 1.69. The number of hydrogen-bond acceptors (Lipinski definition) is 2. The Morgan fingerprint density at radius 2 is 2.00 bits per heavy atom. The number of carboxylic acids is 1. The van der Waals surface area contributed by atoms with Gasteiger partial charge in [-0.1, -0.05) is 29.8 Å². The monoisotopic (exact) mass is 236 g/mol. The molecule has 0 amide bonds. The van der Waals surface area contributed by atoms with Crippen molar-refractivity contribution in [2.75, 3.05) is 13.2 Å². The number of ether oxygens (including phenoxy) is 1. The standard InChI is InChI=1S/C14H20O3/c1-3-17-9-8-13(14(15)16)10-12-6-4-11(2)5-7-12/h4-7,13H,3,8-10H2,1-2H3,(H,15,16). The maximum Gasteiger partial charge on any atom is 0.306 e. The summed E-state index contributed by atoms with van der Waals surface area (Å²) < 4.78 is 5.21. The number of aliphatic carboxylic acids is 1. The van der Waals surface area contributed by atoms with E-state index in [1.807, 2.05) is 38.1 Å². The molecule has 0 aromatic heterocycles. The number of hydrogen-bond donors (Lipinski definition) is 1. The van der Waals surface area contributed by atoms with E-state index in [0.29, 0.717) is 26.1 Å². The van der Waals surface area contributed by atoms with Crippen molar-refractivity contribution in [1.29, 1.82) is 0 Å². The van der Waals surface area contributed by atoms with Crippen LogP contribution in [0, 0.1) is 12.8 Å². The molecule has 1 aromatic rings. The lowest BCUT2D eigenvalue weighted by molar-refractivity contribution is -0.142. The molecule has 94 valence electrons. The minimum Gasteiger partial charge on any atom is -0.481 e. The molecule has 3 heteroatoms. The molecule has 1 rings (SSSR count). The molecule has 1 N–H and O–H groups in total. The molecule has 17 heavy (non-hydrogen) atoms. The Kier molecular flexibility index (Phi) is 5.70. The van der Waals surface area contributed by atoms with Crippen molar-refractivity contribution < 1.29 is 14.6 Å². The number of aryl methyl sites for hydroxylation is 1. The summed E-state index contributed by atoms with van der Waals surface area (Å²) in [6.07, 6.45) is 1.14. The van der Waals surface area contributed by atoms with Gasteiger partial charge in [0.2, 0.25) is 0 Å². The van der Waals surface area contributed by atoms with Crippen LogP contribution >= 0.6 is 0 Å². The second-order valence-corrected chi connectivity index (χ2v) is 4.21. The van der Waals surface area contributed by atoms with Gasteiger partial charge in [0.05, 0.1) is 5.92 Å². The van der Waals surface area contributed by atoms with Crippen molar-refractivity contribution in [3.63, 3.8) is 0 Å². The quantitative estimate of drug-likeness (QED) is 0.740. The van der Waals surface area contributed by atoms with Crippen LogP contribution in [0.25, 0.3) is 0 Å². The van der Waals surface area contributed by atoms with Crippen molar-refractivity contribution >= 4 is 5.97 Å². The SMILES string of the molecule is CCOCCC(Cc1ccc(C)cc1)C(=O)O. The second-order valence-electron chi connectivity index (χ2n) is 4.21. The predicted molar refractivity (Wildman–Crippen MR) is 67.1 cm³/mol. The van der Waals surface area contributed by atoms with Gasteiger partial charge in [-0.25, -0.2) is 0 Å². The molecule has 0 bridgehead atoms. The van der Waals surface area contributed by atoms with Crippen LogP contribution in [0.4, 0.5) is 0 Å². The number of carboxylic acid groups (broad SMARTS) is 1. The van der Waals surface area contributed by atoms with Gasteiger partial charge >= 0.3 is 5.97 Å². The topological polar surface area (TPSA) is 46.5 Å². The molecule has 0 aliphatic heterocycles. The zero-order chi connectivity index (χ0) is 12.7. The predicted octanol–water partition coefficient (Wildman–Crippen LogP) is 2.66. The molecule has 0 aliphatic rings. The van der Waals surface area contributed by atoms with Crippen molar-refractivity contribution in [1.82, 2.24) is 0 Å². The van der Waals surface area contributed by atoms with Crippen LogP contribution in [0.3, 0.4) is 0 Å². The molecule has 0 saturated carbocycles. The van der Waals surface area contributed by atoms with E-state index >= 15 is 0 Å². The molecular formula is C14H20O3. The molecule has 0 saturated heterocycles. The van der Waals surface area contributed by atoms with Crippen LogP contribution in [-0.2, 0) is 16.0 Å². The summed E-state index contributed by atoms with van der Waals surface area (Å²) in [6, 6.07) is 8.01. The van der Waals surface area contributed by atoms with Crippen LogP contribution in [0.2, 0.25) is 0 Å². The van der Waals surface area contributed by atoms with Gasteiger partial charge in [0.1, 0.15) is 0 Å². The first-order valence-corrected chi connectivity index (χ1v) is 5.99. The first-order valence-electron chi connectivity index (χ1n) is 5.99. The maximum absolute atomic E-state index is 11.1. The number of carbonyl (C=O) groups is 1. The normalized spacial score (nSPS) is 12.4. The fraction of sp³-hybridized carbons (Fsp3) is 0.500. The average Bonchev–Trinajstić information content (AvgIpc) is 2.30. The molecule has 0 heterocycles. The van der Waals surface area contributed by atoms with Gasteiger partial charge in [-0.2, -0.15) is 0 Å². The molecule has 1 aromatic carbocycles. The van der Waals surface area contributed by atoms with Crippen molar-refractivity contribution in [2.45, 2.75) is 26.7 Å². The highest BCUT2D eigenvalue weighted by Gasteiger charge is 2.17. The molecule has 0 radical (unpaired) electrons. The van der Waals surface area contributed by atoms with Crippen LogP contribution in [0.15, 0.2) is 24.3 Å². The maximum atomic E-state index is 11.1. The lowest BCUT2D eigenvalue weighted by Gasteiger charge is -2.12. The third kappa shape index (κ3) is 5.00. The van der Waals surface area contributed by atoms with E-state index in [9.17, 15) is 4.79 Å². The van der Waals surface area contributed by atoms with Crippen LogP contribution in [0.5, 0.6) is 0 Å². The Morgan fingerprint density at radius 1 is 1.35 bits per heavy atom. The summed E-state index contributed by atoms with van der Waals surface area (Å²) in [5, 5.41) is 9.13. The van der Waals surface area contributed by atoms with Gasteiger partial charge in [-0.3, -0.25) is 4.79 Å². The lowest BCUT2D eigenvalue weighted by atomic mass is 9.96. The van der Waals surface area contributed by atoms with E-state index in [0.717, 1.165) is 5.56 Å². The molecule has 3 nitrogen and oxygen atoms in total. The second kappa shape index (κ2) is 7.07. The Labute approximate surface area is 102 Å². The zero-order valence-electron chi connectivity index (χ0n) is 10.5. The van der Waals surface area contributed by atoms with E-state index in [2.05, 4.69) is 0 Å². The first kappa shape index (κ1) is 13.7. The zero-order valence-corrected chi connectivity index (χ0v) is 10.5. The lowest BCUT2D eigenvalue weighted by Crippen LogP contribution is -2.18. The first-order chi connectivity index (χ1) is 8.13. The summed E-state index contributed by atoms with van der Waals surface area (Å²) >= 11 is 0. The van der Waals surface area contributed by atoms with Gasteiger partial charge in [0.25, 0.3) is 0 Å². The van der Waals surface area contributed by atoms with Crippen LogP contribution < -0.4 is 0 Å². The summed E-state index contributed by atoms with van der Waals surface area (Å²) in [5.74, 6) is -1.10. The molecule has 1 atom stereocenters. The molecule has 0 fully saturated rings. The van der Waals surface area contributed by atoms with Crippen molar-refractivity contribution in [2.24, 2.45) is 5.92 Å². The Hall–Kier alpha value is -1.35. The highest BCUT2D eigenvalue weighted by molar-refractivity contribution is 5.70. The molecule has 1 unspecified atom stereocenters. The third-order valence-electron chi connectivity index (χ3n) is 2.77. The minimum absolute atomic E-state index is 0.357. The van der Waals surface area contributed by atoms with Crippen molar-refractivity contribution in [3.8, 4) is 0 Å². The highest BCUT2D eigenvalue weighted by Crippen LogP contribution is 2.14.